The second-order valence-electron chi connectivity index (χ2n) is 2.29. The van der Waals surface area contributed by atoms with E-state index in [1.54, 1.807) is 0 Å². The van der Waals surface area contributed by atoms with Crippen molar-refractivity contribution in [3.8, 4) is 0 Å². The molecule has 0 aromatic carbocycles. The van der Waals surface area contributed by atoms with E-state index in [1.165, 1.54) is 0 Å². The molecule has 0 unspecified atom stereocenters. The molecule has 12 heavy (non-hydrogen) atoms. The molecule has 0 radical (unpaired) electrons. The first-order valence-electron chi connectivity index (χ1n) is 3.69. The molecule has 70 valence electrons. The largest absolute Gasteiger partial charge is 0.370 e. The van der Waals surface area contributed by atoms with Crippen molar-refractivity contribution in [3.63, 3.8) is 0 Å². The number of hydrogen-bond donors (Lipinski definition) is 4. The van der Waals surface area contributed by atoms with Gasteiger partial charge in [0, 0.05) is 6.54 Å². The molecule has 6 N–H and O–H groups in total. The summed E-state index contributed by atoms with van der Waals surface area (Å²) in [4.78, 5) is 22.9. The number of hydrogen-bond acceptors (Lipinski definition) is 2. The molecule has 0 atom stereocenters. The predicted molar refractivity (Wildman–Crippen MR) is 48.3 cm³/mol. The molecule has 0 saturated carbocycles. The molecule has 0 aliphatic heterocycles. The Hall–Kier alpha value is -1.24. The molecular weight excluding hydrogens is 176 g/mol. The minimum atomic E-state index is -0.598. The number of nitrogens with one attached hydrogen (secondary N) is 2. The monoisotopic (exact) mass is 190 g/mol. The number of nitrogens with two attached hydrogens (primary N) is 2. The number of urea groups is 2. The van der Waals surface area contributed by atoms with E-state index < -0.39 is 21.7 Å². The number of carbonyl (C=O) groups is 2. The van der Waals surface area contributed by atoms with E-state index in [1.807, 2.05) is 0 Å². The van der Waals surface area contributed by atoms with Crippen LogP contribution >= 0.6 is 0 Å². The van der Waals surface area contributed by atoms with Crippen molar-refractivity contribution in [1.82, 2.24) is 10.3 Å². The van der Waals surface area contributed by atoms with Gasteiger partial charge in [0.1, 0.15) is 9.68 Å². The Bertz CT molecular complexity index is 146. The van der Waals surface area contributed by atoms with Crippen LogP contribution in [0.15, 0.2) is 0 Å². The van der Waals surface area contributed by atoms with Crippen LogP contribution in [0.25, 0.3) is 0 Å². The minimum absolute atomic E-state index is 0.468. The predicted octanol–water partition coefficient (Wildman–Crippen LogP) is -1.78. The molecule has 7 heteroatoms. The van der Waals surface area contributed by atoms with Gasteiger partial charge in [0.2, 0.25) is 0 Å². The average Bonchev–Trinajstić information content (AvgIpc) is 1.95. The van der Waals surface area contributed by atoms with Crippen molar-refractivity contribution >= 4 is 21.7 Å². The molecule has 6 nitrogen and oxygen atoms in total. The molecule has 4 amide bonds. The Labute approximate surface area is 73.0 Å². The third-order valence-electron chi connectivity index (χ3n) is 1.20. The maximum absolute atomic E-state index is 10.2. The zero-order valence-electron chi connectivity index (χ0n) is 6.80. The molecule has 0 fully saturated rings. The Kier molecular flexibility index (Phi) is 5.80. The van der Waals surface area contributed by atoms with Crippen LogP contribution in [0, 0.1) is 0 Å². The lowest BCUT2D eigenvalue weighted by Crippen LogP contribution is -2.33. The number of carbonyl (C=O) groups excluding carboxylic acids is 2. The highest BCUT2D eigenvalue weighted by Gasteiger charge is 1.93. The summed E-state index contributed by atoms with van der Waals surface area (Å²) >= 11 is 0. The van der Waals surface area contributed by atoms with Crippen LogP contribution in [-0.2, 0) is 0 Å². The second-order valence-corrected chi connectivity index (χ2v) is 3.85. The molecule has 0 aliphatic rings. The van der Waals surface area contributed by atoms with Gasteiger partial charge in [-0.15, -0.1) is 0 Å². The van der Waals surface area contributed by atoms with Crippen molar-refractivity contribution in [2.45, 2.75) is 12.5 Å². The summed E-state index contributed by atoms with van der Waals surface area (Å²) in [5.41, 5.74) is 9.68. The van der Waals surface area contributed by atoms with Gasteiger partial charge >= 0.3 is 12.1 Å². The number of rotatable bonds is 5. The van der Waals surface area contributed by atoms with E-state index in [9.17, 15) is 9.59 Å². The summed E-state index contributed by atoms with van der Waals surface area (Å²) in [5.74, 6) is 0. The lowest BCUT2D eigenvalue weighted by atomic mass is 10.5. The highest BCUT2D eigenvalue weighted by Crippen LogP contribution is 1.83. The van der Waals surface area contributed by atoms with Crippen molar-refractivity contribution < 1.29 is 9.59 Å². The fraction of sp³-hybridized carbons (Fsp3) is 0.600. The topological polar surface area (TPSA) is 110 Å². The molecule has 0 aliphatic carbocycles. The molecule has 0 bridgehead atoms. The Morgan fingerprint density at radius 1 is 1.25 bits per heavy atom. The molecule has 0 heterocycles. The van der Waals surface area contributed by atoms with Crippen LogP contribution in [0.4, 0.5) is 9.59 Å². The normalized spacial score (nSPS) is 10.0. The zero-order valence-corrected chi connectivity index (χ0v) is 8.21. The maximum atomic E-state index is 10.2. The standard InChI is InChI=1S/C5H14N4O2Si/c6-4(10)8-2-1-3-12-9-5(7)11/h1-3,12H2,(H3,6,8,10)(H3,7,9,11). The van der Waals surface area contributed by atoms with E-state index in [-0.39, 0.29) is 0 Å². The molecular formula is C5H14N4O2Si. The Morgan fingerprint density at radius 2 is 1.92 bits per heavy atom. The first-order chi connectivity index (χ1) is 5.63. The van der Waals surface area contributed by atoms with Crippen LogP contribution in [0.5, 0.6) is 0 Å². The van der Waals surface area contributed by atoms with E-state index >= 15 is 0 Å². The Morgan fingerprint density at radius 3 is 2.42 bits per heavy atom. The van der Waals surface area contributed by atoms with E-state index in [0.717, 1.165) is 12.5 Å². The third kappa shape index (κ3) is 8.76. The van der Waals surface area contributed by atoms with Gasteiger partial charge in [0.25, 0.3) is 0 Å². The summed E-state index contributed by atoms with van der Waals surface area (Å²) in [5, 5.41) is 2.45. The molecule has 0 spiro atoms. The number of primary amides is 2. The SMILES string of the molecule is NC(=O)NCCC[SiH2]NC(N)=O. The van der Waals surface area contributed by atoms with Crippen LogP contribution < -0.4 is 21.8 Å². The first-order valence-corrected chi connectivity index (χ1v) is 5.40. The van der Waals surface area contributed by atoms with Gasteiger partial charge in [-0.1, -0.05) is 0 Å². The molecule has 0 rings (SSSR count). The van der Waals surface area contributed by atoms with Gasteiger partial charge in [-0.25, -0.2) is 4.79 Å². The molecule has 0 saturated heterocycles. The quantitative estimate of drug-likeness (QED) is 0.303. The summed E-state index contributed by atoms with van der Waals surface area (Å²) in [7, 11) is -0.598. The van der Waals surface area contributed by atoms with E-state index in [2.05, 4.69) is 10.3 Å². The van der Waals surface area contributed by atoms with Crippen molar-refractivity contribution in [1.29, 1.82) is 0 Å². The fourth-order valence-corrected chi connectivity index (χ4v) is 1.60. The second kappa shape index (κ2) is 6.47. The highest BCUT2D eigenvalue weighted by molar-refractivity contribution is 6.36. The van der Waals surface area contributed by atoms with E-state index in [4.69, 9.17) is 11.5 Å². The minimum Gasteiger partial charge on any atom is -0.370 e. The van der Waals surface area contributed by atoms with Crippen molar-refractivity contribution in [2.75, 3.05) is 6.54 Å². The van der Waals surface area contributed by atoms with Crippen LogP contribution in [0.3, 0.4) is 0 Å². The van der Waals surface area contributed by atoms with Crippen molar-refractivity contribution in [3.05, 3.63) is 0 Å². The van der Waals surface area contributed by atoms with Crippen LogP contribution in [-0.4, -0.2) is 28.3 Å². The first kappa shape index (κ1) is 10.8. The third-order valence-corrected chi connectivity index (χ3v) is 2.65. The van der Waals surface area contributed by atoms with Crippen LogP contribution in [0.2, 0.25) is 6.04 Å². The lowest BCUT2D eigenvalue weighted by molar-refractivity contribution is 0.248. The van der Waals surface area contributed by atoms with Gasteiger partial charge in [-0.05, 0) is 12.5 Å². The van der Waals surface area contributed by atoms with Gasteiger partial charge in [-0.2, -0.15) is 0 Å². The summed E-state index contributed by atoms with van der Waals surface area (Å²) in [6.45, 7) is 0.558. The van der Waals surface area contributed by atoms with E-state index in [0.29, 0.717) is 6.54 Å². The lowest BCUT2D eigenvalue weighted by Gasteiger charge is -2.01. The van der Waals surface area contributed by atoms with Crippen LogP contribution in [0.1, 0.15) is 6.42 Å². The van der Waals surface area contributed by atoms with Gasteiger partial charge in [0.05, 0.1) is 0 Å². The molecule has 0 aromatic heterocycles. The number of amides is 4. The van der Waals surface area contributed by atoms with Crippen molar-refractivity contribution in [2.24, 2.45) is 11.5 Å². The van der Waals surface area contributed by atoms with Gasteiger partial charge in [-0.3, -0.25) is 4.79 Å². The summed E-state index contributed by atoms with van der Waals surface area (Å²) in [6.07, 6.45) is 0.829. The molecule has 0 aromatic rings. The van der Waals surface area contributed by atoms with Gasteiger partial charge < -0.3 is 21.8 Å². The smallest absolute Gasteiger partial charge is 0.312 e. The summed E-state index contributed by atoms with van der Waals surface area (Å²) < 4.78 is 0. The Balaban J connectivity index is 3.01. The average molecular weight is 190 g/mol. The van der Waals surface area contributed by atoms with Gasteiger partial charge in [0.15, 0.2) is 0 Å². The fourth-order valence-electron chi connectivity index (χ4n) is 0.673. The highest BCUT2D eigenvalue weighted by atomic mass is 28.2. The maximum Gasteiger partial charge on any atom is 0.312 e. The summed E-state index contributed by atoms with van der Waals surface area (Å²) in [6, 6.07) is -0.0764. The zero-order chi connectivity index (χ0) is 9.40.